The molecule has 0 aliphatic rings. The number of esters is 1. The Labute approximate surface area is 101 Å². The first kappa shape index (κ1) is 13.6. The van der Waals surface area contributed by atoms with Gasteiger partial charge in [0.2, 0.25) is 0 Å². The van der Waals surface area contributed by atoms with E-state index in [1.807, 2.05) is 0 Å². The number of hydrogen-bond acceptors (Lipinski definition) is 3. The molecule has 0 atom stereocenters. The second-order valence-corrected chi connectivity index (χ2v) is 3.75. The highest BCUT2D eigenvalue weighted by atomic mass is 19.1. The van der Waals surface area contributed by atoms with Gasteiger partial charge in [0.1, 0.15) is 12.4 Å². The van der Waals surface area contributed by atoms with Crippen LogP contribution in [0.1, 0.15) is 30.1 Å². The van der Waals surface area contributed by atoms with Crippen LogP contribution in [0.4, 0.5) is 4.39 Å². The monoisotopic (exact) mass is 239 g/mol. The van der Waals surface area contributed by atoms with Crippen molar-refractivity contribution in [1.29, 1.82) is 0 Å². The van der Waals surface area contributed by atoms with Gasteiger partial charge in [0.05, 0.1) is 5.56 Å². The van der Waals surface area contributed by atoms with Crippen LogP contribution in [0, 0.1) is 5.82 Å². The van der Waals surface area contributed by atoms with E-state index in [2.05, 4.69) is 12.2 Å². The standard InChI is InChI=1S/C13H18FNO2/c1-2-3-8-15-9-10-17-13(16)11-4-6-12(14)7-5-11/h4-7,15H,2-3,8-10H2,1H3. The van der Waals surface area contributed by atoms with Crippen molar-refractivity contribution in [3.63, 3.8) is 0 Å². The Hall–Kier alpha value is -1.42. The quantitative estimate of drug-likeness (QED) is 0.586. The zero-order chi connectivity index (χ0) is 12.5. The second kappa shape index (κ2) is 7.79. The molecule has 17 heavy (non-hydrogen) atoms. The van der Waals surface area contributed by atoms with Crippen LogP contribution in [0.25, 0.3) is 0 Å². The Morgan fingerprint density at radius 3 is 2.65 bits per heavy atom. The number of halogens is 1. The van der Waals surface area contributed by atoms with Gasteiger partial charge in [0.15, 0.2) is 0 Å². The first-order valence-electron chi connectivity index (χ1n) is 5.87. The van der Waals surface area contributed by atoms with Crippen LogP contribution in [0.5, 0.6) is 0 Å². The van der Waals surface area contributed by atoms with E-state index >= 15 is 0 Å². The lowest BCUT2D eigenvalue weighted by Gasteiger charge is -2.06. The van der Waals surface area contributed by atoms with Gasteiger partial charge in [-0.1, -0.05) is 13.3 Å². The molecule has 94 valence electrons. The van der Waals surface area contributed by atoms with Crippen molar-refractivity contribution in [3.05, 3.63) is 35.6 Å². The van der Waals surface area contributed by atoms with Crippen molar-refractivity contribution in [2.45, 2.75) is 19.8 Å². The Balaban J connectivity index is 2.19. The maximum absolute atomic E-state index is 12.6. The van der Waals surface area contributed by atoms with Crippen LogP contribution >= 0.6 is 0 Å². The predicted octanol–water partition coefficient (Wildman–Crippen LogP) is 2.37. The molecular formula is C13H18FNO2. The Morgan fingerprint density at radius 2 is 2.00 bits per heavy atom. The van der Waals surface area contributed by atoms with Gasteiger partial charge in [-0.3, -0.25) is 0 Å². The van der Waals surface area contributed by atoms with Crippen molar-refractivity contribution in [2.75, 3.05) is 19.7 Å². The lowest BCUT2D eigenvalue weighted by atomic mass is 10.2. The maximum Gasteiger partial charge on any atom is 0.338 e. The summed E-state index contributed by atoms with van der Waals surface area (Å²) in [4.78, 5) is 11.5. The number of carbonyl (C=O) groups is 1. The first-order valence-corrected chi connectivity index (χ1v) is 5.87. The lowest BCUT2D eigenvalue weighted by Crippen LogP contribution is -2.22. The van der Waals surface area contributed by atoms with Crippen LogP contribution in [-0.2, 0) is 4.74 Å². The van der Waals surface area contributed by atoms with E-state index in [-0.39, 0.29) is 5.82 Å². The molecule has 0 heterocycles. The van der Waals surface area contributed by atoms with Crippen molar-refractivity contribution >= 4 is 5.97 Å². The van der Waals surface area contributed by atoms with Gasteiger partial charge in [-0.25, -0.2) is 9.18 Å². The van der Waals surface area contributed by atoms with Crippen LogP contribution in [-0.4, -0.2) is 25.7 Å². The Bertz CT molecular complexity index is 338. The Morgan fingerprint density at radius 1 is 1.29 bits per heavy atom. The largest absolute Gasteiger partial charge is 0.461 e. The predicted molar refractivity (Wildman–Crippen MR) is 64.5 cm³/mol. The third kappa shape index (κ3) is 5.45. The van der Waals surface area contributed by atoms with E-state index in [9.17, 15) is 9.18 Å². The number of unbranched alkanes of at least 4 members (excludes halogenated alkanes) is 1. The molecule has 0 aliphatic carbocycles. The molecule has 0 aromatic heterocycles. The van der Waals surface area contributed by atoms with E-state index < -0.39 is 5.97 Å². The van der Waals surface area contributed by atoms with Gasteiger partial charge in [0.25, 0.3) is 0 Å². The van der Waals surface area contributed by atoms with Gasteiger partial charge in [-0.05, 0) is 37.2 Å². The number of hydrogen-bond donors (Lipinski definition) is 1. The molecule has 0 bridgehead atoms. The fraction of sp³-hybridized carbons (Fsp3) is 0.462. The third-order valence-electron chi connectivity index (χ3n) is 2.30. The van der Waals surface area contributed by atoms with Crippen molar-refractivity contribution in [1.82, 2.24) is 5.32 Å². The second-order valence-electron chi connectivity index (χ2n) is 3.75. The minimum atomic E-state index is -0.415. The van der Waals surface area contributed by atoms with E-state index in [0.29, 0.717) is 18.7 Å². The fourth-order valence-electron chi connectivity index (χ4n) is 1.31. The minimum Gasteiger partial charge on any atom is -0.461 e. The number of ether oxygens (including phenoxy) is 1. The van der Waals surface area contributed by atoms with Crippen LogP contribution in [0.3, 0.4) is 0 Å². The number of benzene rings is 1. The van der Waals surface area contributed by atoms with Gasteiger partial charge in [-0.2, -0.15) is 0 Å². The molecule has 0 spiro atoms. The van der Waals surface area contributed by atoms with E-state index in [0.717, 1.165) is 19.4 Å². The van der Waals surface area contributed by atoms with E-state index in [1.54, 1.807) is 0 Å². The van der Waals surface area contributed by atoms with Gasteiger partial charge in [0, 0.05) is 6.54 Å². The molecule has 1 aromatic carbocycles. The summed E-state index contributed by atoms with van der Waals surface area (Å²) in [5, 5.41) is 3.17. The normalized spacial score (nSPS) is 10.2. The molecule has 0 unspecified atom stereocenters. The summed E-state index contributed by atoms with van der Waals surface area (Å²) in [5.41, 5.74) is 0.375. The summed E-state index contributed by atoms with van der Waals surface area (Å²) in [6.45, 7) is 4.04. The van der Waals surface area contributed by atoms with Gasteiger partial charge < -0.3 is 10.1 Å². The lowest BCUT2D eigenvalue weighted by molar-refractivity contribution is 0.0508. The highest BCUT2D eigenvalue weighted by Gasteiger charge is 2.05. The molecule has 0 saturated heterocycles. The zero-order valence-electron chi connectivity index (χ0n) is 10.0. The average Bonchev–Trinajstić information content (AvgIpc) is 2.34. The van der Waals surface area contributed by atoms with Crippen LogP contribution in [0.2, 0.25) is 0 Å². The molecule has 0 saturated carbocycles. The third-order valence-corrected chi connectivity index (χ3v) is 2.30. The fourth-order valence-corrected chi connectivity index (χ4v) is 1.31. The molecule has 4 heteroatoms. The highest BCUT2D eigenvalue weighted by Crippen LogP contribution is 2.04. The summed E-state index contributed by atoms with van der Waals surface area (Å²) in [7, 11) is 0. The molecule has 1 N–H and O–H groups in total. The Kier molecular flexibility index (Phi) is 6.25. The van der Waals surface area contributed by atoms with E-state index in [1.165, 1.54) is 24.3 Å². The molecule has 0 fully saturated rings. The molecular weight excluding hydrogens is 221 g/mol. The van der Waals surface area contributed by atoms with Crippen molar-refractivity contribution in [2.24, 2.45) is 0 Å². The average molecular weight is 239 g/mol. The van der Waals surface area contributed by atoms with Crippen LogP contribution < -0.4 is 5.32 Å². The molecule has 0 aliphatic heterocycles. The number of nitrogens with one attached hydrogen (secondary N) is 1. The summed E-state index contributed by atoms with van der Waals surface area (Å²) in [6, 6.07) is 5.33. The molecule has 0 amide bonds. The maximum atomic E-state index is 12.6. The van der Waals surface area contributed by atoms with E-state index in [4.69, 9.17) is 4.74 Å². The minimum absolute atomic E-state index is 0.333. The number of carbonyl (C=O) groups excluding carboxylic acids is 1. The summed E-state index contributed by atoms with van der Waals surface area (Å²) in [6.07, 6.45) is 2.26. The summed E-state index contributed by atoms with van der Waals surface area (Å²) >= 11 is 0. The van der Waals surface area contributed by atoms with Gasteiger partial charge in [-0.15, -0.1) is 0 Å². The topological polar surface area (TPSA) is 38.3 Å². The first-order chi connectivity index (χ1) is 8.24. The van der Waals surface area contributed by atoms with Crippen molar-refractivity contribution in [3.8, 4) is 0 Å². The summed E-state index contributed by atoms with van der Waals surface area (Å²) in [5.74, 6) is -0.773. The van der Waals surface area contributed by atoms with Crippen LogP contribution in [0.15, 0.2) is 24.3 Å². The van der Waals surface area contributed by atoms with Gasteiger partial charge >= 0.3 is 5.97 Å². The number of rotatable bonds is 7. The molecule has 3 nitrogen and oxygen atoms in total. The molecule has 1 rings (SSSR count). The zero-order valence-corrected chi connectivity index (χ0v) is 10.0. The highest BCUT2D eigenvalue weighted by molar-refractivity contribution is 5.89. The van der Waals surface area contributed by atoms with Crippen molar-refractivity contribution < 1.29 is 13.9 Å². The summed E-state index contributed by atoms with van der Waals surface area (Å²) < 4.78 is 17.6. The molecule has 0 radical (unpaired) electrons. The smallest absolute Gasteiger partial charge is 0.338 e. The SMILES string of the molecule is CCCCNCCOC(=O)c1ccc(F)cc1. The molecule has 1 aromatic rings.